The van der Waals surface area contributed by atoms with Crippen molar-refractivity contribution in [3.8, 4) is 5.75 Å². The topological polar surface area (TPSA) is 117 Å². The second-order valence-corrected chi connectivity index (χ2v) is 12.5. The number of hydrazone groups is 1. The number of Topliss-reactive ketones (excluding diaryl/α,β-unsaturated/α-hetero) is 1. The molecule has 8 nitrogen and oxygen atoms in total. The van der Waals surface area contributed by atoms with Crippen LogP contribution in [0.5, 0.6) is 5.75 Å². The zero-order chi connectivity index (χ0) is 28.3. The number of aliphatic hydroxyl groups excluding tert-OH is 1. The van der Waals surface area contributed by atoms with Gasteiger partial charge in [0.05, 0.1) is 12.3 Å². The van der Waals surface area contributed by atoms with Gasteiger partial charge in [0.15, 0.2) is 18.6 Å². The van der Waals surface area contributed by atoms with E-state index in [9.17, 15) is 19.7 Å². The number of ether oxygens (including phenoxy) is 2. The number of alkyl halides is 1. The SMILES string of the molecule is C=C[C@]1(C)C[C@@H](OC(=O)COc2ccc3c(c2)B(O)NN=C3)[C@]2(C)[C@H](C)CC[C@]3(C[C@H](F)C(=O)[C@H]32)[C@@H](C)[C@@H]1O. The van der Waals surface area contributed by atoms with E-state index in [1.54, 1.807) is 30.5 Å². The fourth-order valence-corrected chi connectivity index (χ4v) is 8.03. The van der Waals surface area contributed by atoms with Crippen LogP contribution in [-0.2, 0) is 14.3 Å². The summed E-state index contributed by atoms with van der Waals surface area (Å²) in [4.78, 5) is 26.7. The molecule has 1 aromatic carbocycles. The van der Waals surface area contributed by atoms with Crippen LogP contribution in [0.25, 0.3) is 0 Å². The van der Waals surface area contributed by atoms with Gasteiger partial charge >= 0.3 is 13.0 Å². The van der Waals surface area contributed by atoms with Gasteiger partial charge in [-0.15, -0.1) is 6.58 Å². The van der Waals surface area contributed by atoms with Gasteiger partial charge in [0.1, 0.15) is 11.9 Å². The van der Waals surface area contributed by atoms with Crippen molar-refractivity contribution in [2.75, 3.05) is 6.61 Å². The molecule has 0 unspecified atom stereocenters. The number of esters is 1. The summed E-state index contributed by atoms with van der Waals surface area (Å²) in [5.41, 5.74) is -1.06. The fourth-order valence-electron chi connectivity index (χ4n) is 8.03. The predicted molar refractivity (Wildman–Crippen MR) is 145 cm³/mol. The van der Waals surface area contributed by atoms with Crippen molar-refractivity contribution < 1.29 is 33.6 Å². The van der Waals surface area contributed by atoms with Gasteiger partial charge in [0, 0.05) is 16.7 Å². The molecular formula is C29H38BFN2O6. The Bertz CT molecular complexity index is 1210. The minimum absolute atomic E-state index is 0.0172. The molecule has 3 fully saturated rings. The Morgan fingerprint density at radius 2 is 2.08 bits per heavy atom. The van der Waals surface area contributed by atoms with Crippen LogP contribution in [0.15, 0.2) is 36.0 Å². The lowest BCUT2D eigenvalue weighted by Gasteiger charge is -2.61. The molecule has 9 atom stereocenters. The van der Waals surface area contributed by atoms with E-state index in [0.717, 1.165) is 12.0 Å². The number of carbonyl (C=O) groups is 2. The molecule has 3 aliphatic carbocycles. The monoisotopic (exact) mass is 540 g/mol. The Kier molecular flexibility index (Phi) is 6.95. The summed E-state index contributed by atoms with van der Waals surface area (Å²) >= 11 is 0. The maximum Gasteiger partial charge on any atom is 0.464 e. The highest BCUT2D eigenvalue weighted by atomic mass is 19.1. The molecule has 3 saturated carbocycles. The van der Waals surface area contributed by atoms with Gasteiger partial charge in [-0.05, 0) is 66.1 Å². The largest absolute Gasteiger partial charge is 0.482 e. The summed E-state index contributed by atoms with van der Waals surface area (Å²) in [5, 5.41) is 28.2. The molecule has 210 valence electrons. The molecule has 1 heterocycles. The molecule has 5 rings (SSSR count). The molecule has 4 aliphatic rings. The number of fused-ring (bicyclic) bond motifs is 1. The van der Waals surface area contributed by atoms with E-state index in [1.807, 2.05) is 27.7 Å². The Balaban J connectivity index is 1.44. The fraction of sp³-hybridized carbons (Fsp3) is 0.621. The highest BCUT2D eigenvalue weighted by Crippen LogP contribution is 2.68. The van der Waals surface area contributed by atoms with Gasteiger partial charge < -0.3 is 24.9 Å². The first-order valence-electron chi connectivity index (χ1n) is 13.8. The molecule has 1 aromatic rings. The van der Waals surface area contributed by atoms with Gasteiger partial charge in [-0.3, -0.25) is 4.79 Å². The summed E-state index contributed by atoms with van der Waals surface area (Å²) in [5.74, 6) is -1.70. The Morgan fingerprint density at radius 1 is 1.33 bits per heavy atom. The summed E-state index contributed by atoms with van der Waals surface area (Å²) in [7, 11) is -0.989. The predicted octanol–water partition coefficient (Wildman–Crippen LogP) is 2.54. The summed E-state index contributed by atoms with van der Waals surface area (Å²) in [6.45, 7) is 11.4. The van der Waals surface area contributed by atoms with E-state index >= 15 is 4.39 Å². The van der Waals surface area contributed by atoms with Crippen LogP contribution < -0.4 is 15.5 Å². The van der Waals surface area contributed by atoms with E-state index in [1.165, 1.54) is 0 Å². The summed E-state index contributed by atoms with van der Waals surface area (Å²) < 4.78 is 27.1. The first-order valence-corrected chi connectivity index (χ1v) is 13.8. The highest BCUT2D eigenvalue weighted by Gasteiger charge is 2.70. The minimum atomic E-state index is -1.60. The van der Waals surface area contributed by atoms with Crippen LogP contribution in [0.3, 0.4) is 0 Å². The lowest BCUT2D eigenvalue weighted by molar-refractivity contribution is -0.207. The Labute approximate surface area is 229 Å². The van der Waals surface area contributed by atoms with Gasteiger partial charge in [0.25, 0.3) is 0 Å². The molecular weight excluding hydrogens is 502 g/mol. The second kappa shape index (κ2) is 9.73. The number of carbonyl (C=O) groups excluding carboxylic acids is 2. The number of nitrogens with one attached hydrogen (secondary N) is 1. The molecule has 0 aromatic heterocycles. The van der Waals surface area contributed by atoms with Crippen LogP contribution in [0.4, 0.5) is 4.39 Å². The van der Waals surface area contributed by atoms with Crippen LogP contribution in [-0.4, -0.2) is 60.1 Å². The van der Waals surface area contributed by atoms with Gasteiger partial charge in [-0.25, -0.2) is 9.18 Å². The van der Waals surface area contributed by atoms with E-state index in [2.05, 4.69) is 17.0 Å². The quantitative estimate of drug-likeness (QED) is 0.299. The molecule has 10 heteroatoms. The molecule has 3 N–H and O–H groups in total. The van der Waals surface area contributed by atoms with Gasteiger partial charge in [0.2, 0.25) is 0 Å². The molecule has 39 heavy (non-hydrogen) atoms. The number of hydrogen-bond acceptors (Lipinski definition) is 8. The van der Waals surface area contributed by atoms with Gasteiger partial charge in [-0.2, -0.15) is 5.10 Å². The standard InChI is InChI=1S/C29H38BFN2O6/c1-6-27(4)13-22(39-23(34)15-38-19-8-7-18-14-32-33-30(37)20(18)11-19)28(5)16(2)9-10-29(17(3)26(27)36)12-21(31)24(35)25(28)29/h6-8,11,14,16-17,21-22,25-26,33,36-37H,1,9-10,12-13,15H2,2-5H3/t16-,17+,21+,22-,25+,26+,27-,28+,29+/m1/s1. The van der Waals surface area contributed by atoms with Crippen molar-refractivity contribution in [2.24, 2.45) is 39.1 Å². The maximum atomic E-state index is 15.2. The van der Waals surface area contributed by atoms with Crippen LogP contribution in [0, 0.1) is 34.0 Å². The molecule has 2 bridgehead atoms. The van der Waals surface area contributed by atoms with Gasteiger partial charge in [-0.1, -0.05) is 39.8 Å². The number of rotatable bonds is 5. The van der Waals surface area contributed by atoms with Crippen LogP contribution in [0.2, 0.25) is 0 Å². The van der Waals surface area contributed by atoms with Crippen molar-refractivity contribution in [3.05, 3.63) is 36.4 Å². The van der Waals surface area contributed by atoms with Crippen molar-refractivity contribution in [1.82, 2.24) is 5.34 Å². The summed E-state index contributed by atoms with van der Waals surface area (Å²) in [6.07, 6.45) is 1.75. The molecule has 0 amide bonds. The number of nitrogens with zero attached hydrogens (tertiary/aromatic N) is 1. The third-order valence-corrected chi connectivity index (χ3v) is 10.7. The number of ketones is 1. The maximum absolute atomic E-state index is 15.2. The van der Waals surface area contributed by atoms with Crippen molar-refractivity contribution in [3.63, 3.8) is 0 Å². The average molecular weight is 540 g/mol. The smallest absolute Gasteiger partial charge is 0.464 e. The Morgan fingerprint density at radius 3 is 2.79 bits per heavy atom. The van der Waals surface area contributed by atoms with E-state index in [0.29, 0.717) is 17.6 Å². The first kappa shape index (κ1) is 27.8. The molecule has 0 spiro atoms. The Hall–Kier alpha value is -2.72. The lowest BCUT2D eigenvalue weighted by atomic mass is 9.44. The zero-order valence-corrected chi connectivity index (χ0v) is 23.0. The summed E-state index contributed by atoms with van der Waals surface area (Å²) in [6, 6.07) is 5.04. The molecule has 0 saturated heterocycles. The number of benzene rings is 1. The number of aliphatic hydroxyl groups is 1. The second-order valence-electron chi connectivity index (χ2n) is 12.5. The van der Waals surface area contributed by atoms with E-state index < -0.39 is 66.0 Å². The zero-order valence-electron chi connectivity index (χ0n) is 23.0. The van der Waals surface area contributed by atoms with E-state index in [4.69, 9.17) is 9.47 Å². The van der Waals surface area contributed by atoms with Crippen molar-refractivity contribution in [2.45, 2.75) is 71.8 Å². The normalized spacial score (nSPS) is 41.0. The molecule has 0 radical (unpaired) electrons. The van der Waals surface area contributed by atoms with Crippen molar-refractivity contribution >= 4 is 30.5 Å². The lowest BCUT2D eigenvalue weighted by Crippen LogP contribution is -2.63. The number of hydrogen-bond donors (Lipinski definition) is 3. The third kappa shape index (κ3) is 4.22. The third-order valence-electron chi connectivity index (χ3n) is 10.7. The first-order chi connectivity index (χ1) is 18.4. The average Bonchev–Trinajstić information content (AvgIpc) is 3.19. The molecule has 1 aliphatic heterocycles. The number of halogens is 1. The highest BCUT2D eigenvalue weighted by molar-refractivity contribution is 6.65. The minimum Gasteiger partial charge on any atom is -0.482 e. The van der Waals surface area contributed by atoms with Crippen LogP contribution in [0.1, 0.15) is 58.9 Å². The van der Waals surface area contributed by atoms with Crippen LogP contribution >= 0.6 is 0 Å². The van der Waals surface area contributed by atoms with E-state index in [-0.39, 0.29) is 24.7 Å². The van der Waals surface area contributed by atoms with Crippen molar-refractivity contribution in [1.29, 1.82) is 0 Å².